The maximum absolute atomic E-state index is 13.2. The fourth-order valence-electron chi connectivity index (χ4n) is 2.74. The highest BCUT2D eigenvalue weighted by Crippen LogP contribution is 2.45. The molecule has 0 atom stereocenters. The second-order valence-corrected chi connectivity index (χ2v) is 9.81. The lowest BCUT2D eigenvalue weighted by atomic mass is 10.1. The zero-order valence-corrected chi connectivity index (χ0v) is 17.6. The number of rotatable bonds is 5. The monoisotopic (exact) mass is 465 g/mol. The Labute approximate surface area is 170 Å². The van der Waals surface area contributed by atoms with Crippen molar-refractivity contribution in [1.29, 1.82) is 0 Å². The lowest BCUT2D eigenvalue weighted by molar-refractivity contribution is -0.131. The molecule has 1 aliphatic rings. The minimum atomic E-state index is -3.76. The van der Waals surface area contributed by atoms with Gasteiger partial charge < -0.3 is 5.11 Å². The third kappa shape index (κ3) is 3.83. The van der Waals surface area contributed by atoms with Gasteiger partial charge in [0.1, 0.15) is 0 Å². The van der Waals surface area contributed by atoms with Gasteiger partial charge in [-0.15, -0.1) is 0 Å². The van der Waals surface area contributed by atoms with Gasteiger partial charge in [-0.3, -0.25) is 4.31 Å². The number of thioether (sulfide) groups is 1. The lowest BCUT2D eigenvalue weighted by Crippen LogP contribution is -2.35. The van der Waals surface area contributed by atoms with Crippen LogP contribution in [-0.2, 0) is 14.8 Å². The standard InChI is InChI=1S/C19H16BrNO4S2/c1-12-11-21(27(24,25)15-9-7-14(20)8-10-15)17-6-4-3-5-16(17)18(12)26-13(2)19(22)23/h3-10H,2,11H2,1H3,(H,22,23). The second-order valence-electron chi connectivity index (χ2n) is 5.92. The van der Waals surface area contributed by atoms with Crippen LogP contribution in [0.3, 0.4) is 0 Å². The van der Waals surface area contributed by atoms with E-state index in [0.29, 0.717) is 11.3 Å². The topological polar surface area (TPSA) is 74.7 Å². The van der Waals surface area contributed by atoms with E-state index in [9.17, 15) is 13.2 Å². The largest absolute Gasteiger partial charge is 0.477 e. The van der Waals surface area contributed by atoms with Gasteiger partial charge in [0.15, 0.2) is 0 Å². The minimum Gasteiger partial charge on any atom is -0.477 e. The van der Waals surface area contributed by atoms with Crippen molar-refractivity contribution < 1.29 is 18.3 Å². The van der Waals surface area contributed by atoms with E-state index in [1.54, 1.807) is 55.5 Å². The van der Waals surface area contributed by atoms with E-state index < -0.39 is 16.0 Å². The van der Waals surface area contributed by atoms with Gasteiger partial charge in [0.05, 0.1) is 22.0 Å². The predicted molar refractivity (Wildman–Crippen MR) is 112 cm³/mol. The molecular weight excluding hydrogens is 450 g/mol. The van der Waals surface area contributed by atoms with Crippen LogP contribution in [0, 0.1) is 0 Å². The van der Waals surface area contributed by atoms with Crippen LogP contribution in [0.25, 0.3) is 4.91 Å². The Kier molecular flexibility index (Phi) is 5.50. The summed E-state index contributed by atoms with van der Waals surface area (Å²) in [4.78, 5) is 12.1. The Morgan fingerprint density at radius 3 is 2.44 bits per heavy atom. The molecule has 3 rings (SSSR count). The molecule has 1 heterocycles. The fraction of sp³-hybridized carbons (Fsp3) is 0.105. The summed E-state index contributed by atoms with van der Waals surface area (Å²) < 4.78 is 28.6. The van der Waals surface area contributed by atoms with Crippen LogP contribution in [0.1, 0.15) is 12.5 Å². The van der Waals surface area contributed by atoms with E-state index in [1.807, 2.05) is 0 Å². The first-order valence-corrected chi connectivity index (χ1v) is 10.9. The van der Waals surface area contributed by atoms with Crippen LogP contribution in [0.2, 0.25) is 0 Å². The molecule has 2 aromatic rings. The van der Waals surface area contributed by atoms with Crippen LogP contribution in [-0.4, -0.2) is 26.0 Å². The summed E-state index contributed by atoms with van der Waals surface area (Å²) in [6.07, 6.45) is 0. The summed E-state index contributed by atoms with van der Waals surface area (Å²) >= 11 is 4.36. The van der Waals surface area contributed by atoms with Crippen LogP contribution in [0.5, 0.6) is 0 Å². The molecule has 0 aromatic heterocycles. The number of hydrogen-bond acceptors (Lipinski definition) is 4. The van der Waals surface area contributed by atoms with Crippen molar-refractivity contribution in [2.45, 2.75) is 11.8 Å². The third-order valence-electron chi connectivity index (χ3n) is 4.05. The molecule has 5 nitrogen and oxygen atoms in total. The molecule has 0 saturated carbocycles. The van der Waals surface area contributed by atoms with Gasteiger partial charge in [0.25, 0.3) is 10.0 Å². The quantitative estimate of drug-likeness (QED) is 0.646. The summed E-state index contributed by atoms with van der Waals surface area (Å²) in [6.45, 7) is 5.52. The first-order valence-electron chi connectivity index (χ1n) is 7.89. The number of para-hydroxylation sites is 1. The van der Waals surface area contributed by atoms with Gasteiger partial charge in [0, 0.05) is 14.9 Å². The molecule has 0 bridgehead atoms. The maximum atomic E-state index is 13.2. The van der Waals surface area contributed by atoms with E-state index in [0.717, 1.165) is 26.7 Å². The van der Waals surface area contributed by atoms with E-state index in [-0.39, 0.29) is 16.3 Å². The Bertz CT molecular complexity index is 1060. The van der Waals surface area contributed by atoms with Gasteiger partial charge in [-0.05, 0) is 42.8 Å². The Morgan fingerprint density at radius 2 is 1.81 bits per heavy atom. The van der Waals surface area contributed by atoms with E-state index in [4.69, 9.17) is 5.11 Å². The van der Waals surface area contributed by atoms with E-state index >= 15 is 0 Å². The van der Waals surface area contributed by atoms with Gasteiger partial charge in [-0.2, -0.15) is 0 Å². The third-order valence-corrected chi connectivity index (χ3v) is 7.55. The maximum Gasteiger partial charge on any atom is 0.341 e. The average Bonchev–Trinajstić information content (AvgIpc) is 2.63. The van der Waals surface area contributed by atoms with Crippen LogP contribution in [0.15, 0.2) is 75.0 Å². The van der Waals surface area contributed by atoms with Crippen LogP contribution >= 0.6 is 27.7 Å². The average molecular weight is 466 g/mol. The zero-order chi connectivity index (χ0) is 19.8. The number of sulfonamides is 1. The molecule has 0 amide bonds. The van der Waals surface area contributed by atoms with Crippen molar-refractivity contribution >= 4 is 54.3 Å². The van der Waals surface area contributed by atoms with Crippen molar-refractivity contribution in [3.63, 3.8) is 0 Å². The molecule has 0 spiro atoms. The molecule has 1 aliphatic heterocycles. The number of carboxylic acid groups (broad SMARTS) is 1. The number of halogens is 1. The second kappa shape index (κ2) is 7.53. The molecular formula is C19H16BrNO4S2. The van der Waals surface area contributed by atoms with Crippen molar-refractivity contribution in [2.24, 2.45) is 0 Å². The minimum absolute atomic E-state index is 0.0108. The predicted octanol–water partition coefficient (Wildman–Crippen LogP) is 4.72. The molecule has 1 N–H and O–H groups in total. The molecule has 27 heavy (non-hydrogen) atoms. The summed E-state index contributed by atoms with van der Waals surface area (Å²) in [5.74, 6) is -1.09. The van der Waals surface area contributed by atoms with Crippen LogP contribution < -0.4 is 4.31 Å². The highest BCUT2D eigenvalue weighted by molar-refractivity contribution is 9.10. The van der Waals surface area contributed by atoms with Crippen molar-refractivity contribution in [3.05, 3.63) is 75.6 Å². The van der Waals surface area contributed by atoms with Crippen LogP contribution in [0.4, 0.5) is 5.69 Å². The van der Waals surface area contributed by atoms with E-state index in [2.05, 4.69) is 22.5 Å². The number of nitrogens with zero attached hydrogens (tertiary/aromatic N) is 1. The summed E-state index contributed by atoms with van der Waals surface area (Å²) in [5, 5.41) is 9.15. The Morgan fingerprint density at radius 1 is 1.19 bits per heavy atom. The molecule has 8 heteroatoms. The van der Waals surface area contributed by atoms with Crippen molar-refractivity contribution in [2.75, 3.05) is 10.8 Å². The van der Waals surface area contributed by atoms with Crippen molar-refractivity contribution in [1.82, 2.24) is 0 Å². The number of carbonyl (C=O) groups is 1. The molecule has 0 aliphatic carbocycles. The smallest absolute Gasteiger partial charge is 0.341 e. The summed E-state index contributed by atoms with van der Waals surface area (Å²) in [5.41, 5.74) is 1.96. The molecule has 0 saturated heterocycles. The number of hydrogen-bond donors (Lipinski definition) is 1. The van der Waals surface area contributed by atoms with Gasteiger partial charge >= 0.3 is 5.97 Å². The fourth-order valence-corrected chi connectivity index (χ4v) is 5.38. The molecule has 140 valence electrons. The SMILES string of the molecule is C=C(SC1=C(C)CN(S(=O)(=O)c2ccc(Br)cc2)c2ccccc21)C(=O)O. The summed E-state index contributed by atoms with van der Waals surface area (Å²) in [6, 6.07) is 13.5. The molecule has 0 fully saturated rings. The highest BCUT2D eigenvalue weighted by atomic mass is 79.9. The number of anilines is 1. The number of aliphatic carboxylic acids is 1. The first kappa shape index (κ1) is 19.7. The first-order chi connectivity index (χ1) is 12.7. The molecule has 2 aromatic carbocycles. The summed E-state index contributed by atoms with van der Waals surface area (Å²) in [7, 11) is -3.76. The number of carboxylic acids is 1. The number of fused-ring (bicyclic) bond motifs is 1. The van der Waals surface area contributed by atoms with Crippen molar-refractivity contribution in [3.8, 4) is 0 Å². The molecule has 0 radical (unpaired) electrons. The van der Waals surface area contributed by atoms with E-state index in [1.165, 1.54) is 4.31 Å². The normalized spacial score (nSPS) is 14.1. The Hall–Kier alpha value is -2.03. The van der Waals surface area contributed by atoms with Gasteiger partial charge in [-0.25, -0.2) is 13.2 Å². The van der Waals surface area contributed by atoms with Gasteiger partial charge in [-0.1, -0.05) is 52.5 Å². The lowest BCUT2D eigenvalue weighted by Gasteiger charge is -2.32. The number of benzene rings is 2. The molecule has 0 unspecified atom stereocenters. The van der Waals surface area contributed by atoms with Gasteiger partial charge in [0.2, 0.25) is 0 Å². The zero-order valence-electron chi connectivity index (χ0n) is 14.3. The Balaban J connectivity index is 2.09. The highest BCUT2D eigenvalue weighted by Gasteiger charge is 2.32.